The van der Waals surface area contributed by atoms with E-state index < -0.39 is 5.60 Å². The van der Waals surface area contributed by atoms with E-state index in [4.69, 9.17) is 4.74 Å². The first-order chi connectivity index (χ1) is 11.9. The molecule has 3 rings (SSSR count). The van der Waals surface area contributed by atoms with Gasteiger partial charge < -0.3 is 15.0 Å². The highest BCUT2D eigenvalue weighted by Gasteiger charge is 2.28. The lowest BCUT2D eigenvalue weighted by molar-refractivity contribution is 0.0161. The zero-order valence-electron chi connectivity index (χ0n) is 15.8. The zero-order chi connectivity index (χ0) is 17.9. The second-order valence-electron chi connectivity index (χ2n) is 8.32. The molecule has 2 aliphatic rings. The van der Waals surface area contributed by atoms with Crippen LogP contribution in [0.5, 0.6) is 0 Å². The van der Waals surface area contributed by atoms with E-state index in [9.17, 15) is 4.79 Å². The maximum atomic E-state index is 12.3. The Morgan fingerprint density at radius 2 is 2.24 bits per heavy atom. The smallest absolute Gasteiger partial charge is 0.410 e. The minimum atomic E-state index is -0.422. The number of aromatic nitrogens is 1. The molecule has 1 aliphatic heterocycles. The van der Waals surface area contributed by atoms with Crippen molar-refractivity contribution in [3.8, 4) is 0 Å². The van der Waals surface area contributed by atoms with Gasteiger partial charge in [0.05, 0.1) is 11.7 Å². The third-order valence-corrected chi connectivity index (χ3v) is 5.07. The number of ether oxygens (including phenoxy) is 1. The van der Waals surface area contributed by atoms with Gasteiger partial charge in [0.2, 0.25) is 0 Å². The van der Waals surface area contributed by atoms with Gasteiger partial charge in [0, 0.05) is 19.3 Å². The fourth-order valence-corrected chi connectivity index (χ4v) is 3.87. The molecule has 0 spiro atoms. The van der Waals surface area contributed by atoms with Gasteiger partial charge in [-0.25, -0.2) is 4.79 Å². The minimum Gasteiger partial charge on any atom is -0.444 e. The zero-order valence-corrected chi connectivity index (χ0v) is 15.8. The molecule has 1 saturated heterocycles. The van der Waals surface area contributed by atoms with Gasteiger partial charge in [-0.3, -0.25) is 4.98 Å². The molecule has 1 aromatic heterocycles. The summed E-state index contributed by atoms with van der Waals surface area (Å²) in [5.41, 5.74) is 2.18. The number of piperidine rings is 1. The SMILES string of the molecule is CC(C)(C)OC(=O)N1CCCC(CCNC2CCc3cccnc32)C1. The van der Waals surface area contributed by atoms with E-state index in [1.165, 1.54) is 17.7 Å². The number of carbonyl (C=O) groups excluding carboxylic acids is 1. The molecular weight excluding hydrogens is 314 g/mol. The van der Waals surface area contributed by atoms with E-state index in [-0.39, 0.29) is 6.09 Å². The third-order valence-electron chi connectivity index (χ3n) is 5.07. The first-order valence-corrected chi connectivity index (χ1v) is 9.57. The van der Waals surface area contributed by atoms with Crippen LogP contribution in [0.25, 0.3) is 0 Å². The first kappa shape index (κ1) is 18.2. The molecule has 0 saturated carbocycles. The van der Waals surface area contributed by atoms with Gasteiger partial charge >= 0.3 is 6.09 Å². The number of nitrogens with one attached hydrogen (secondary N) is 1. The lowest BCUT2D eigenvalue weighted by Gasteiger charge is -2.34. The Hall–Kier alpha value is -1.62. The summed E-state index contributed by atoms with van der Waals surface area (Å²) in [6.07, 6.45) is 7.34. The van der Waals surface area contributed by atoms with Crippen LogP contribution < -0.4 is 5.32 Å². The number of pyridine rings is 1. The molecule has 2 heterocycles. The maximum Gasteiger partial charge on any atom is 0.410 e. The van der Waals surface area contributed by atoms with Crippen molar-refractivity contribution in [2.24, 2.45) is 5.92 Å². The second kappa shape index (κ2) is 7.73. The van der Waals surface area contributed by atoms with Crippen molar-refractivity contribution in [2.45, 2.75) is 64.5 Å². The summed E-state index contributed by atoms with van der Waals surface area (Å²) in [4.78, 5) is 18.7. The van der Waals surface area contributed by atoms with E-state index in [1.54, 1.807) is 0 Å². The molecular formula is C20H31N3O2. The predicted octanol–water partition coefficient (Wildman–Crippen LogP) is 3.70. The van der Waals surface area contributed by atoms with Crippen molar-refractivity contribution in [1.82, 2.24) is 15.2 Å². The summed E-state index contributed by atoms with van der Waals surface area (Å²) < 4.78 is 5.51. The molecule has 5 nitrogen and oxygen atoms in total. The molecule has 5 heteroatoms. The van der Waals surface area contributed by atoms with Crippen LogP contribution >= 0.6 is 0 Å². The summed E-state index contributed by atoms with van der Waals surface area (Å²) in [7, 11) is 0. The van der Waals surface area contributed by atoms with Gasteiger partial charge in [-0.05, 0) is 77.0 Å². The van der Waals surface area contributed by atoms with Crippen molar-refractivity contribution in [3.05, 3.63) is 29.6 Å². The van der Waals surface area contributed by atoms with E-state index in [0.29, 0.717) is 12.0 Å². The standard InChI is InChI=1S/C20H31N3O2/c1-20(2,3)25-19(24)23-13-5-6-15(14-23)10-12-21-17-9-8-16-7-4-11-22-18(16)17/h4,7,11,15,17,21H,5-6,8-10,12-14H2,1-3H3. The highest BCUT2D eigenvalue weighted by Crippen LogP contribution is 2.29. The summed E-state index contributed by atoms with van der Waals surface area (Å²) in [5.74, 6) is 0.554. The summed E-state index contributed by atoms with van der Waals surface area (Å²) in [6, 6.07) is 4.60. The van der Waals surface area contributed by atoms with E-state index in [1.807, 2.05) is 37.9 Å². The Bertz CT molecular complexity index is 597. The number of hydrogen-bond donors (Lipinski definition) is 1. The highest BCUT2D eigenvalue weighted by atomic mass is 16.6. The maximum absolute atomic E-state index is 12.3. The summed E-state index contributed by atoms with van der Waals surface area (Å²) in [5, 5.41) is 3.67. The normalized spacial score (nSPS) is 23.4. The molecule has 138 valence electrons. The van der Waals surface area contributed by atoms with Crippen LogP contribution in [0.1, 0.15) is 63.8 Å². The van der Waals surface area contributed by atoms with E-state index in [0.717, 1.165) is 45.3 Å². The van der Waals surface area contributed by atoms with E-state index >= 15 is 0 Å². The number of likely N-dealkylation sites (tertiary alicyclic amines) is 1. The number of rotatable bonds is 4. The van der Waals surface area contributed by atoms with Crippen molar-refractivity contribution < 1.29 is 9.53 Å². The highest BCUT2D eigenvalue weighted by molar-refractivity contribution is 5.68. The van der Waals surface area contributed by atoms with Gasteiger partial charge in [0.1, 0.15) is 5.60 Å². The van der Waals surface area contributed by atoms with Crippen LogP contribution in [-0.4, -0.2) is 41.2 Å². The number of amides is 1. The molecule has 25 heavy (non-hydrogen) atoms. The van der Waals surface area contributed by atoms with Crippen molar-refractivity contribution in [1.29, 1.82) is 0 Å². The minimum absolute atomic E-state index is 0.168. The van der Waals surface area contributed by atoms with Gasteiger partial charge in [0.15, 0.2) is 0 Å². The molecule has 2 unspecified atom stereocenters. The molecule has 0 aromatic carbocycles. The first-order valence-electron chi connectivity index (χ1n) is 9.57. The fraction of sp³-hybridized carbons (Fsp3) is 0.700. The topological polar surface area (TPSA) is 54.5 Å². The van der Waals surface area contributed by atoms with Gasteiger partial charge in [-0.1, -0.05) is 6.07 Å². The van der Waals surface area contributed by atoms with E-state index in [2.05, 4.69) is 16.4 Å². The molecule has 2 atom stereocenters. The Morgan fingerprint density at radius 1 is 1.40 bits per heavy atom. The van der Waals surface area contributed by atoms with Crippen LogP contribution in [0.2, 0.25) is 0 Å². The molecule has 0 radical (unpaired) electrons. The van der Waals surface area contributed by atoms with Gasteiger partial charge in [-0.2, -0.15) is 0 Å². The molecule has 1 N–H and O–H groups in total. The van der Waals surface area contributed by atoms with Crippen LogP contribution in [0.4, 0.5) is 4.79 Å². The fourth-order valence-electron chi connectivity index (χ4n) is 3.87. The Morgan fingerprint density at radius 3 is 3.04 bits per heavy atom. The van der Waals surface area contributed by atoms with Crippen LogP contribution in [0, 0.1) is 5.92 Å². The Balaban J connectivity index is 1.44. The molecule has 1 amide bonds. The number of hydrogen-bond acceptors (Lipinski definition) is 4. The summed E-state index contributed by atoms with van der Waals surface area (Å²) in [6.45, 7) is 8.37. The number of carbonyl (C=O) groups is 1. The average molecular weight is 345 g/mol. The molecule has 1 aliphatic carbocycles. The van der Waals surface area contributed by atoms with Crippen LogP contribution in [0.3, 0.4) is 0 Å². The van der Waals surface area contributed by atoms with Crippen LogP contribution in [0.15, 0.2) is 18.3 Å². The third kappa shape index (κ3) is 4.94. The van der Waals surface area contributed by atoms with Crippen molar-refractivity contribution in [3.63, 3.8) is 0 Å². The monoisotopic (exact) mass is 345 g/mol. The quantitative estimate of drug-likeness (QED) is 0.904. The average Bonchev–Trinajstić information content (AvgIpc) is 2.97. The number of nitrogens with zero attached hydrogens (tertiary/aromatic N) is 2. The van der Waals surface area contributed by atoms with Crippen molar-refractivity contribution in [2.75, 3.05) is 19.6 Å². The molecule has 1 aromatic rings. The Labute approximate surface area is 151 Å². The lowest BCUT2D eigenvalue weighted by atomic mass is 9.95. The van der Waals surface area contributed by atoms with Gasteiger partial charge in [-0.15, -0.1) is 0 Å². The lowest BCUT2D eigenvalue weighted by Crippen LogP contribution is -2.43. The summed E-state index contributed by atoms with van der Waals surface area (Å²) >= 11 is 0. The van der Waals surface area contributed by atoms with Crippen molar-refractivity contribution >= 4 is 6.09 Å². The number of aryl methyl sites for hydroxylation is 1. The second-order valence-corrected chi connectivity index (χ2v) is 8.32. The van der Waals surface area contributed by atoms with Crippen LogP contribution in [-0.2, 0) is 11.2 Å². The molecule has 1 fully saturated rings. The molecule has 0 bridgehead atoms. The Kier molecular flexibility index (Phi) is 5.62. The predicted molar refractivity (Wildman–Crippen MR) is 98.4 cm³/mol. The van der Waals surface area contributed by atoms with Gasteiger partial charge in [0.25, 0.3) is 0 Å². The largest absolute Gasteiger partial charge is 0.444 e. The number of fused-ring (bicyclic) bond motifs is 1.